The van der Waals surface area contributed by atoms with Crippen LogP contribution in [0, 0.1) is 5.92 Å². The average Bonchev–Trinajstić information content (AvgIpc) is 3.61. The van der Waals surface area contributed by atoms with E-state index in [0.717, 1.165) is 24.1 Å². The fourth-order valence-electron chi connectivity index (χ4n) is 5.53. The van der Waals surface area contributed by atoms with Crippen molar-refractivity contribution in [3.05, 3.63) is 71.8 Å². The standard InChI is InChI=1S/C34H47N5O6S/c1-4-22(3)29(38-30(40)25-17-12-18-35-25)33(43)39(5-2)28(21-46)32(42)36-26(19-23-13-8-6-9-14-23)31(41)37-27(34(44)45)20-24-15-10-7-11-16-24/h6-11,13-16,22,25-29,35,46H,4-5,12,17-21H2,1-3H3,(H,36,42)(H,37,41)(H,38,40)(H,44,45)/t22-,25-,26-,27-,28-,29-/m0/s1. The second-order valence-corrected chi connectivity index (χ2v) is 12.0. The number of carboxylic acids is 1. The van der Waals surface area contributed by atoms with Gasteiger partial charge in [-0.3, -0.25) is 19.2 Å². The molecule has 2 aromatic rings. The molecule has 0 unspecified atom stereocenters. The van der Waals surface area contributed by atoms with E-state index in [1.165, 1.54) is 4.90 Å². The summed E-state index contributed by atoms with van der Waals surface area (Å²) in [5.74, 6) is -3.38. The predicted octanol–water partition coefficient (Wildman–Crippen LogP) is 1.96. The minimum atomic E-state index is -1.23. The molecule has 12 heteroatoms. The van der Waals surface area contributed by atoms with Crippen molar-refractivity contribution in [1.29, 1.82) is 0 Å². The molecule has 2 aromatic carbocycles. The zero-order valence-corrected chi connectivity index (χ0v) is 27.7. The lowest BCUT2D eigenvalue weighted by Gasteiger charge is -2.35. The third-order valence-corrected chi connectivity index (χ3v) is 8.79. The lowest BCUT2D eigenvalue weighted by molar-refractivity contribution is -0.145. The molecule has 0 aromatic heterocycles. The highest BCUT2D eigenvalue weighted by Crippen LogP contribution is 2.16. The summed E-state index contributed by atoms with van der Waals surface area (Å²) in [6, 6.07) is 13.4. The van der Waals surface area contributed by atoms with Crippen LogP contribution < -0.4 is 21.3 Å². The van der Waals surface area contributed by atoms with Crippen molar-refractivity contribution >= 4 is 42.2 Å². The van der Waals surface area contributed by atoms with E-state index in [-0.39, 0.29) is 43.0 Å². The normalized spacial score (nSPS) is 17.5. The van der Waals surface area contributed by atoms with Crippen LogP contribution in [-0.2, 0) is 36.8 Å². The van der Waals surface area contributed by atoms with Crippen molar-refractivity contribution in [3.63, 3.8) is 0 Å². The number of amides is 4. The van der Waals surface area contributed by atoms with Crippen molar-refractivity contribution < 1.29 is 29.1 Å². The summed E-state index contributed by atoms with van der Waals surface area (Å²) in [5, 5.41) is 21.3. The highest BCUT2D eigenvalue weighted by atomic mass is 32.1. The van der Waals surface area contributed by atoms with E-state index in [1.807, 2.05) is 38.1 Å². The molecule has 1 fully saturated rings. The Morgan fingerprint density at radius 3 is 1.93 bits per heavy atom. The number of likely N-dealkylation sites (N-methyl/N-ethyl adjacent to an activating group) is 1. The van der Waals surface area contributed by atoms with Crippen LogP contribution in [0.15, 0.2) is 60.7 Å². The number of carboxylic acid groups (broad SMARTS) is 1. The van der Waals surface area contributed by atoms with Gasteiger partial charge in [-0.05, 0) is 43.4 Å². The molecule has 4 amide bonds. The second kappa shape index (κ2) is 18.3. The summed E-state index contributed by atoms with van der Waals surface area (Å²) < 4.78 is 0. The van der Waals surface area contributed by atoms with Gasteiger partial charge in [0.25, 0.3) is 0 Å². The topological polar surface area (TPSA) is 157 Å². The van der Waals surface area contributed by atoms with Crippen LogP contribution in [0.2, 0.25) is 0 Å². The molecule has 11 nitrogen and oxygen atoms in total. The third kappa shape index (κ3) is 10.3. The molecule has 0 spiro atoms. The Labute approximate surface area is 276 Å². The SMILES string of the molecule is CC[C@H](C)[C@H](NC(=O)[C@@H]1CCCN1)C(=O)N(CC)[C@@H](CS)C(=O)N[C@@H](Cc1ccccc1)C(=O)N[C@@H](Cc1ccccc1)C(=O)O. The number of nitrogens with one attached hydrogen (secondary N) is 4. The minimum Gasteiger partial charge on any atom is -0.480 e. The number of carbonyl (C=O) groups is 5. The molecule has 3 rings (SSSR count). The van der Waals surface area contributed by atoms with Crippen LogP contribution in [0.25, 0.3) is 0 Å². The van der Waals surface area contributed by atoms with Gasteiger partial charge in [0.2, 0.25) is 23.6 Å². The third-order valence-electron chi connectivity index (χ3n) is 8.44. The van der Waals surface area contributed by atoms with E-state index in [0.29, 0.717) is 12.8 Å². The summed E-state index contributed by atoms with van der Waals surface area (Å²) in [6.07, 6.45) is 2.34. The maximum absolute atomic E-state index is 14.0. The Morgan fingerprint density at radius 1 is 0.891 bits per heavy atom. The van der Waals surface area contributed by atoms with Crippen LogP contribution in [0.5, 0.6) is 0 Å². The molecular formula is C34H47N5O6S. The Bertz CT molecular complexity index is 1310. The van der Waals surface area contributed by atoms with E-state index in [2.05, 4.69) is 33.9 Å². The Morgan fingerprint density at radius 2 is 1.46 bits per heavy atom. The van der Waals surface area contributed by atoms with Gasteiger partial charge in [-0.2, -0.15) is 12.6 Å². The first-order chi connectivity index (χ1) is 22.1. The van der Waals surface area contributed by atoms with Crippen molar-refractivity contribution in [2.45, 2.75) is 83.1 Å². The van der Waals surface area contributed by atoms with E-state index in [9.17, 15) is 29.1 Å². The van der Waals surface area contributed by atoms with Gasteiger partial charge in [0.1, 0.15) is 24.2 Å². The molecule has 5 N–H and O–H groups in total. The number of nitrogens with zero attached hydrogens (tertiary/aromatic N) is 1. The van der Waals surface area contributed by atoms with Gasteiger partial charge >= 0.3 is 5.97 Å². The molecule has 1 aliphatic rings. The minimum absolute atomic E-state index is 0.0395. The predicted molar refractivity (Wildman–Crippen MR) is 179 cm³/mol. The molecule has 250 valence electrons. The smallest absolute Gasteiger partial charge is 0.326 e. The summed E-state index contributed by atoms with van der Waals surface area (Å²) >= 11 is 4.41. The zero-order valence-electron chi connectivity index (χ0n) is 26.8. The molecule has 0 saturated carbocycles. The van der Waals surface area contributed by atoms with Crippen LogP contribution in [0.4, 0.5) is 0 Å². The Hall–Kier alpha value is -3.90. The van der Waals surface area contributed by atoms with Gasteiger partial charge in [-0.15, -0.1) is 0 Å². The summed E-state index contributed by atoms with van der Waals surface area (Å²) in [6.45, 7) is 6.45. The highest BCUT2D eigenvalue weighted by molar-refractivity contribution is 7.80. The molecule has 0 radical (unpaired) electrons. The number of rotatable bonds is 17. The number of carbonyl (C=O) groups excluding carboxylic acids is 4. The largest absolute Gasteiger partial charge is 0.480 e. The van der Waals surface area contributed by atoms with Crippen LogP contribution in [0.1, 0.15) is 51.2 Å². The second-order valence-electron chi connectivity index (χ2n) is 11.7. The lowest BCUT2D eigenvalue weighted by Crippen LogP contribution is -2.61. The van der Waals surface area contributed by atoms with Gasteiger partial charge in [0, 0.05) is 25.1 Å². The quantitative estimate of drug-likeness (QED) is 0.143. The Kier molecular flexibility index (Phi) is 14.5. The highest BCUT2D eigenvalue weighted by Gasteiger charge is 2.38. The van der Waals surface area contributed by atoms with Gasteiger partial charge in [-0.1, -0.05) is 80.9 Å². The molecule has 0 aliphatic carbocycles. The van der Waals surface area contributed by atoms with Crippen LogP contribution in [-0.4, -0.2) is 88.7 Å². The molecule has 1 saturated heterocycles. The van der Waals surface area contributed by atoms with Gasteiger partial charge < -0.3 is 31.3 Å². The van der Waals surface area contributed by atoms with E-state index >= 15 is 0 Å². The van der Waals surface area contributed by atoms with Crippen molar-refractivity contribution in [1.82, 2.24) is 26.2 Å². The molecule has 1 aliphatic heterocycles. The van der Waals surface area contributed by atoms with Crippen molar-refractivity contribution in [3.8, 4) is 0 Å². The number of hydrogen-bond acceptors (Lipinski definition) is 7. The average molecular weight is 654 g/mol. The molecule has 46 heavy (non-hydrogen) atoms. The monoisotopic (exact) mass is 653 g/mol. The van der Waals surface area contributed by atoms with Crippen LogP contribution >= 0.6 is 12.6 Å². The number of aliphatic carboxylic acids is 1. The first-order valence-electron chi connectivity index (χ1n) is 16.0. The number of thiol groups is 1. The molecule has 6 atom stereocenters. The van der Waals surface area contributed by atoms with Gasteiger partial charge in [0.05, 0.1) is 6.04 Å². The maximum atomic E-state index is 14.0. The number of hydrogen-bond donors (Lipinski definition) is 6. The first-order valence-corrected chi connectivity index (χ1v) is 16.6. The molecule has 0 bridgehead atoms. The van der Waals surface area contributed by atoms with Crippen molar-refractivity contribution in [2.24, 2.45) is 5.92 Å². The molecular weight excluding hydrogens is 606 g/mol. The fourth-order valence-corrected chi connectivity index (χ4v) is 5.89. The summed E-state index contributed by atoms with van der Waals surface area (Å²) in [7, 11) is 0. The number of benzene rings is 2. The van der Waals surface area contributed by atoms with Gasteiger partial charge in [-0.25, -0.2) is 4.79 Å². The van der Waals surface area contributed by atoms with E-state index in [4.69, 9.17) is 0 Å². The van der Waals surface area contributed by atoms with Crippen LogP contribution in [0.3, 0.4) is 0 Å². The summed E-state index contributed by atoms with van der Waals surface area (Å²) in [5.41, 5.74) is 1.49. The molecule has 1 heterocycles. The fraction of sp³-hybridized carbons (Fsp3) is 0.500. The van der Waals surface area contributed by atoms with Gasteiger partial charge in [0.15, 0.2) is 0 Å². The first kappa shape index (κ1) is 36.6. The summed E-state index contributed by atoms with van der Waals surface area (Å²) in [4.78, 5) is 67.9. The van der Waals surface area contributed by atoms with E-state index < -0.39 is 47.9 Å². The van der Waals surface area contributed by atoms with E-state index in [1.54, 1.807) is 43.3 Å². The zero-order chi connectivity index (χ0) is 33.6. The van der Waals surface area contributed by atoms with Crippen molar-refractivity contribution in [2.75, 3.05) is 18.8 Å². The maximum Gasteiger partial charge on any atom is 0.326 e. The Balaban J connectivity index is 1.82. The lowest BCUT2D eigenvalue weighted by atomic mass is 9.96.